The zero-order chi connectivity index (χ0) is 18.0. The first-order valence-corrected chi connectivity index (χ1v) is 9.28. The minimum absolute atomic E-state index is 0.159. The van der Waals surface area contributed by atoms with Crippen molar-refractivity contribution in [3.05, 3.63) is 47.8 Å². The molecule has 9 heteroatoms. The van der Waals surface area contributed by atoms with Gasteiger partial charge in [-0.1, -0.05) is 0 Å². The van der Waals surface area contributed by atoms with E-state index in [1.165, 1.54) is 35.6 Å². The van der Waals surface area contributed by atoms with E-state index >= 15 is 0 Å². The van der Waals surface area contributed by atoms with Gasteiger partial charge >= 0.3 is 0 Å². The molecule has 1 saturated heterocycles. The van der Waals surface area contributed by atoms with Gasteiger partial charge in [-0.3, -0.25) is 9.48 Å². The van der Waals surface area contributed by atoms with Crippen LogP contribution in [0.1, 0.15) is 22.0 Å². The SMILES string of the molecule is CNC(=O)c1ccc(S(=O)(=O)N2CCO[C@@H](c3cnn(C)c3)C2)cc1. The van der Waals surface area contributed by atoms with Crippen molar-refractivity contribution in [1.82, 2.24) is 19.4 Å². The molecule has 0 bridgehead atoms. The average molecular weight is 364 g/mol. The van der Waals surface area contributed by atoms with Gasteiger partial charge in [0.25, 0.3) is 5.91 Å². The Hall–Kier alpha value is -2.23. The maximum Gasteiger partial charge on any atom is 0.251 e. The van der Waals surface area contributed by atoms with Crippen LogP contribution < -0.4 is 5.32 Å². The van der Waals surface area contributed by atoms with Gasteiger partial charge in [0.15, 0.2) is 0 Å². The predicted octanol–water partition coefficient (Wildman–Crippen LogP) is 0.542. The molecular weight excluding hydrogens is 344 g/mol. The summed E-state index contributed by atoms with van der Waals surface area (Å²) in [4.78, 5) is 11.7. The summed E-state index contributed by atoms with van der Waals surface area (Å²) in [5.74, 6) is -0.257. The van der Waals surface area contributed by atoms with Gasteiger partial charge in [-0.2, -0.15) is 9.40 Å². The number of sulfonamides is 1. The zero-order valence-electron chi connectivity index (χ0n) is 14.0. The molecule has 1 fully saturated rings. The molecule has 0 spiro atoms. The first-order valence-electron chi connectivity index (χ1n) is 7.84. The minimum atomic E-state index is -3.65. The Morgan fingerprint density at radius 2 is 2.04 bits per heavy atom. The van der Waals surface area contributed by atoms with E-state index in [0.29, 0.717) is 12.2 Å². The minimum Gasteiger partial charge on any atom is -0.371 e. The first-order chi connectivity index (χ1) is 11.9. The topological polar surface area (TPSA) is 93.5 Å². The van der Waals surface area contributed by atoms with E-state index in [0.717, 1.165) is 5.56 Å². The van der Waals surface area contributed by atoms with Gasteiger partial charge < -0.3 is 10.1 Å². The quantitative estimate of drug-likeness (QED) is 0.855. The second kappa shape index (κ2) is 6.95. The van der Waals surface area contributed by atoms with E-state index in [1.807, 2.05) is 6.20 Å². The Morgan fingerprint density at radius 1 is 1.32 bits per heavy atom. The summed E-state index contributed by atoms with van der Waals surface area (Å²) < 4.78 is 34.5. The Morgan fingerprint density at radius 3 is 2.64 bits per heavy atom. The van der Waals surface area contributed by atoms with Crippen molar-refractivity contribution < 1.29 is 17.9 Å². The third-order valence-electron chi connectivity index (χ3n) is 4.11. The van der Waals surface area contributed by atoms with Gasteiger partial charge in [0.1, 0.15) is 0 Å². The third kappa shape index (κ3) is 3.58. The Kier molecular flexibility index (Phi) is 4.89. The summed E-state index contributed by atoms with van der Waals surface area (Å²) in [6, 6.07) is 5.92. The maximum atomic E-state index is 12.9. The number of amides is 1. The number of carbonyl (C=O) groups excluding carboxylic acids is 1. The molecule has 1 aromatic heterocycles. The van der Waals surface area contributed by atoms with Crippen molar-refractivity contribution in [2.24, 2.45) is 7.05 Å². The van der Waals surface area contributed by atoms with Crippen LogP contribution in [0.4, 0.5) is 0 Å². The number of rotatable bonds is 4. The highest BCUT2D eigenvalue weighted by atomic mass is 32.2. The summed E-state index contributed by atoms with van der Waals surface area (Å²) in [5.41, 5.74) is 1.26. The lowest BCUT2D eigenvalue weighted by atomic mass is 10.2. The van der Waals surface area contributed by atoms with Crippen LogP contribution in [0.2, 0.25) is 0 Å². The lowest BCUT2D eigenvalue weighted by Gasteiger charge is -2.31. The lowest BCUT2D eigenvalue weighted by molar-refractivity contribution is -0.00259. The number of ether oxygens (including phenoxy) is 1. The maximum absolute atomic E-state index is 12.9. The highest BCUT2D eigenvalue weighted by Crippen LogP contribution is 2.26. The smallest absolute Gasteiger partial charge is 0.251 e. The number of nitrogens with one attached hydrogen (secondary N) is 1. The van der Waals surface area contributed by atoms with Crippen LogP contribution in [0, 0.1) is 0 Å². The van der Waals surface area contributed by atoms with E-state index in [1.54, 1.807) is 17.9 Å². The van der Waals surface area contributed by atoms with Gasteiger partial charge in [0, 0.05) is 44.5 Å². The van der Waals surface area contributed by atoms with Crippen LogP contribution in [-0.4, -0.2) is 55.2 Å². The number of aromatic nitrogens is 2. The fraction of sp³-hybridized carbons (Fsp3) is 0.375. The number of benzene rings is 1. The normalized spacial score (nSPS) is 18.9. The Bertz CT molecular complexity index is 861. The predicted molar refractivity (Wildman–Crippen MR) is 90.5 cm³/mol. The average Bonchev–Trinajstić information content (AvgIpc) is 3.07. The van der Waals surface area contributed by atoms with Gasteiger partial charge in [-0.15, -0.1) is 0 Å². The molecule has 2 heterocycles. The molecule has 134 valence electrons. The largest absolute Gasteiger partial charge is 0.371 e. The molecule has 0 unspecified atom stereocenters. The summed E-state index contributed by atoms with van der Waals surface area (Å²) in [6.45, 7) is 0.830. The van der Waals surface area contributed by atoms with E-state index in [4.69, 9.17) is 4.74 Å². The fourth-order valence-corrected chi connectivity index (χ4v) is 4.15. The fourth-order valence-electron chi connectivity index (χ4n) is 2.72. The van der Waals surface area contributed by atoms with Gasteiger partial charge in [-0.05, 0) is 24.3 Å². The van der Waals surface area contributed by atoms with Crippen molar-refractivity contribution in [2.75, 3.05) is 26.7 Å². The highest BCUT2D eigenvalue weighted by Gasteiger charge is 2.32. The molecule has 1 aliphatic rings. The monoisotopic (exact) mass is 364 g/mol. The molecular formula is C16H20N4O4S. The molecule has 1 N–H and O–H groups in total. The van der Waals surface area contributed by atoms with E-state index in [2.05, 4.69) is 10.4 Å². The summed E-state index contributed by atoms with van der Waals surface area (Å²) >= 11 is 0. The first kappa shape index (κ1) is 17.6. The Labute approximate surface area is 146 Å². The molecule has 3 rings (SSSR count). The second-order valence-corrected chi connectivity index (χ2v) is 7.71. The van der Waals surface area contributed by atoms with Crippen molar-refractivity contribution in [3.63, 3.8) is 0 Å². The number of hydrogen-bond acceptors (Lipinski definition) is 5. The number of nitrogens with zero attached hydrogens (tertiary/aromatic N) is 3. The van der Waals surface area contributed by atoms with Crippen LogP contribution in [0.3, 0.4) is 0 Å². The van der Waals surface area contributed by atoms with Crippen molar-refractivity contribution in [3.8, 4) is 0 Å². The van der Waals surface area contributed by atoms with E-state index in [-0.39, 0.29) is 30.0 Å². The molecule has 1 aromatic carbocycles. The molecule has 1 atom stereocenters. The van der Waals surface area contributed by atoms with Crippen LogP contribution in [-0.2, 0) is 21.8 Å². The molecule has 8 nitrogen and oxygen atoms in total. The molecule has 25 heavy (non-hydrogen) atoms. The Balaban J connectivity index is 1.80. The molecule has 0 aliphatic carbocycles. The summed E-state index contributed by atoms with van der Waals surface area (Å²) in [5, 5.41) is 6.61. The van der Waals surface area contributed by atoms with Crippen LogP contribution in [0.15, 0.2) is 41.6 Å². The van der Waals surface area contributed by atoms with Crippen LogP contribution in [0.25, 0.3) is 0 Å². The molecule has 0 saturated carbocycles. The standard InChI is InChI=1S/C16H20N4O4S/c1-17-16(21)12-3-5-14(6-4-12)25(22,23)20-7-8-24-15(11-20)13-9-18-19(2)10-13/h3-6,9-10,15H,7-8,11H2,1-2H3,(H,17,21)/t15-/m1/s1. The van der Waals surface area contributed by atoms with Gasteiger partial charge in [0.2, 0.25) is 10.0 Å². The third-order valence-corrected chi connectivity index (χ3v) is 5.99. The van der Waals surface area contributed by atoms with Crippen molar-refractivity contribution >= 4 is 15.9 Å². The summed E-state index contributed by atoms with van der Waals surface area (Å²) in [7, 11) is -0.323. The zero-order valence-corrected chi connectivity index (χ0v) is 14.9. The number of carbonyl (C=O) groups is 1. The van der Waals surface area contributed by atoms with Gasteiger partial charge in [-0.25, -0.2) is 8.42 Å². The molecule has 1 amide bonds. The van der Waals surface area contributed by atoms with Crippen molar-refractivity contribution in [2.45, 2.75) is 11.0 Å². The number of morpholine rings is 1. The van der Waals surface area contributed by atoms with Gasteiger partial charge in [0.05, 0.1) is 23.8 Å². The molecule has 1 aliphatic heterocycles. The number of hydrogen-bond donors (Lipinski definition) is 1. The van der Waals surface area contributed by atoms with Crippen LogP contribution >= 0.6 is 0 Å². The molecule has 0 radical (unpaired) electrons. The van der Waals surface area contributed by atoms with E-state index in [9.17, 15) is 13.2 Å². The molecule has 2 aromatic rings. The van der Waals surface area contributed by atoms with E-state index < -0.39 is 10.0 Å². The lowest BCUT2D eigenvalue weighted by Crippen LogP contribution is -2.42. The highest BCUT2D eigenvalue weighted by molar-refractivity contribution is 7.89. The van der Waals surface area contributed by atoms with Crippen molar-refractivity contribution in [1.29, 1.82) is 0 Å². The van der Waals surface area contributed by atoms with Crippen LogP contribution in [0.5, 0.6) is 0 Å². The second-order valence-electron chi connectivity index (χ2n) is 5.77. The summed E-state index contributed by atoms with van der Waals surface area (Å²) in [6.07, 6.45) is 3.15. The number of aryl methyl sites for hydroxylation is 1.